The molecular weight excluding hydrogens is 266 g/mol. The van der Waals surface area contributed by atoms with Crippen LogP contribution in [0.3, 0.4) is 0 Å². The van der Waals surface area contributed by atoms with Crippen molar-refractivity contribution in [3.05, 3.63) is 0 Å². The SMILES string of the molecule is COCCN(C)CCNC(=O)N1CCOCC1C(=O)O. The Morgan fingerprint density at radius 3 is 2.90 bits per heavy atom. The third-order valence-electron chi connectivity index (χ3n) is 3.12. The quantitative estimate of drug-likeness (QED) is 0.628. The molecule has 1 rings (SSSR count). The second kappa shape index (κ2) is 8.72. The van der Waals surface area contributed by atoms with E-state index < -0.39 is 12.0 Å². The highest BCUT2D eigenvalue weighted by Gasteiger charge is 2.32. The van der Waals surface area contributed by atoms with E-state index in [1.165, 1.54) is 4.90 Å². The number of amides is 2. The molecule has 0 bridgehead atoms. The molecule has 20 heavy (non-hydrogen) atoms. The topological polar surface area (TPSA) is 91.3 Å². The minimum absolute atomic E-state index is 0.0382. The number of urea groups is 1. The smallest absolute Gasteiger partial charge is 0.328 e. The molecule has 1 unspecified atom stereocenters. The van der Waals surface area contributed by atoms with E-state index in [1.807, 2.05) is 11.9 Å². The van der Waals surface area contributed by atoms with Gasteiger partial charge in [0, 0.05) is 33.3 Å². The van der Waals surface area contributed by atoms with E-state index in [2.05, 4.69) is 5.32 Å². The van der Waals surface area contributed by atoms with Crippen molar-refractivity contribution in [2.45, 2.75) is 6.04 Å². The number of carbonyl (C=O) groups excluding carboxylic acids is 1. The highest BCUT2D eigenvalue weighted by Crippen LogP contribution is 2.07. The Labute approximate surface area is 118 Å². The number of carboxylic acids is 1. The second-order valence-corrected chi connectivity index (χ2v) is 4.65. The molecule has 2 amide bonds. The molecule has 0 saturated carbocycles. The van der Waals surface area contributed by atoms with Gasteiger partial charge in [-0.2, -0.15) is 0 Å². The van der Waals surface area contributed by atoms with Crippen LogP contribution in [-0.4, -0.2) is 93.1 Å². The van der Waals surface area contributed by atoms with Crippen LogP contribution in [0.5, 0.6) is 0 Å². The molecule has 1 saturated heterocycles. The lowest BCUT2D eigenvalue weighted by Gasteiger charge is -2.33. The second-order valence-electron chi connectivity index (χ2n) is 4.65. The first-order chi connectivity index (χ1) is 9.56. The number of hydrogen-bond acceptors (Lipinski definition) is 5. The predicted molar refractivity (Wildman–Crippen MR) is 71.7 cm³/mol. The molecule has 8 heteroatoms. The summed E-state index contributed by atoms with van der Waals surface area (Å²) in [4.78, 5) is 26.3. The van der Waals surface area contributed by atoms with Crippen LogP contribution in [0, 0.1) is 0 Å². The van der Waals surface area contributed by atoms with E-state index in [1.54, 1.807) is 7.11 Å². The van der Waals surface area contributed by atoms with Crippen LogP contribution in [0.1, 0.15) is 0 Å². The van der Waals surface area contributed by atoms with Crippen molar-refractivity contribution in [2.75, 3.05) is 60.2 Å². The molecule has 2 N–H and O–H groups in total. The van der Waals surface area contributed by atoms with Crippen LogP contribution in [0.4, 0.5) is 4.79 Å². The zero-order valence-corrected chi connectivity index (χ0v) is 12.0. The van der Waals surface area contributed by atoms with E-state index in [0.717, 1.165) is 6.54 Å². The Hall–Kier alpha value is -1.38. The zero-order chi connectivity index (χ0) is 15.0. The first-order valence-corrected chi connectivity index (χ1v) is 6.58. The maximum absolute atomic E-state index is 12.0. The van der Waals surface area contributed by atoms with Gasteiger partial charge in [0.05, 0.1) is 19.8 Å². The molecule has 0 radical (unpaired) electrons. The summed E-state index contributed by atoms with van der Waals surface area (Å²) >= 11 is 0. The molecule has 116 valence electrons. The molecule has 1 aliphatic heterocycles. The largest absolute Gasteiger partial charge is 0.480 e. The molecule has 0 aromatic rings. The average molecular weight is 289 g/mol. The lowest BCUT2D eigenvalue weighted by molar-refractivity contribution is -0.147. The minimum Gasteiger partial charge on any atom is -0.480 e. The highest BCUT2D eigenvalue weighted by atomic mass is 16.5. The molecule has 0 aliphatic carbocycles. The number of ether oxygens (including phenoxy) is 2. The number of carboxylic acid groups (broad SMARTS) is 1. The predicted octanol–water partition coefficient (Wildman–Crippen LogP) is -0.940. The van der Waals surface area contributed by atoms with Crippen LogP contribution in [-0.2, 0) is 14.3 Å². The van der Waals surface area contributed by atoms with E-state index in [4.69, 9.17) is 14.6 Å². The maximum atomic E-state index is 12.0. The molecule has 0 spiro atoms. The summed E-state index contributed by atoms with van der Waals surface area (Å²) in [6, 6.07) is -1.27. The fourth-order valence-corrected chi connectivity index (χ4v) is 1.87. The third-order valence-corrected chi connectivity index (χ3v) is 3.12. The van der Waals surface area contributed by atoms with Crippen LogP contribution >= 0.6 is 0 Å². The average Bonchev–Trinajstić information content (AvgIpc) is 2.44. The first kappa shape index (κ1) is 16.7. The van der Waals surface area contributed by atoms with Gasteiger partial charge in [0.25, 0.3) is 0 Å². The Morgan fingerprint density at radius 2 is 2.25 bits per heavy atom. The van der Waals surface area contributed by atoms with Gasteiger partial charge in [-0.15, -0.1) is 0 Å². The summed E-state index contributed by atoms with van der Waals surface area (Å²) in [5.74, 6) is -1.04. The Balaban J connectivity index is 2.32. The minimum atomic E-state index is -1.04. The Kier molecular flexibility index (Phi) is 7.27. The number of nitrogens with one attached hydrogen (secondary N) is 1. The van der Waals surface area contributed by atoms with Crippen LogP contribution in [0.15, 0.2) is 0 Å². The summed E-state index contributed by atoms with van der Waals surface area (Å²) in [6.45, 7) is 3.25. The fourth-order valence-electron chi connectivity index (χ4n) is 1.87. The standard InChI is InChI=1S/C12H23N3O5/c1-14(5-7-19-2)4-3-13-12(18)15-6-8-20-9-10(15)11(16)17/h10H,3-9H2,1-2H3,(H,13,18)(H,16,17). The van der Waals surface area contributed by atoms with Crippen molar-refractivity contribution in [2.24, 2.45) is 0 Å². The van der Waals surface area contributed by atoms with Gasteiger partial charge in [-0.25, -0.2) is 9.59 Å². The van der Waals surface area contributed by atoms with Gasteiger partial charge in [-0.3, -0.25) is 0 Å². The normalized spacial score (nSPS) is 19.1. The highest BCUT2D eigenvalue weighted by molar-refractivity contribution is 5.82. The summed E-state index contributed by atoms with van der Waals surface area (Å²) in [7, 11) is 3.57. The molecule has 1 aliphatic rings. The molecule has 1 heterocycles. The van der Waals surface area contributed by atoms with Crippen molar-refractivity contribution in [3.63, 3.8) is 0 Å². The maximum Gasteiger partial charge on any atom is 0.328 e. The molecule has 0 aromatic heterocycles. The summed E-state index contributed by atoms with van der Waals surface area (Å²) in [6.07, 6.45) is 0. The van der Waals surface area contributed by atoms with Crippen LogP contribution in [0.25, 0.3) is 0 Å². The number of hydrogen-bond donors (Lipinski definition) is 2. The van der Waals surface area contributed by atoms with Crippen molar-refractivity contribution in [3.8, 4) is 0 Å². The van der Waals surface area contributed by atoms with Gasteiger partial charge in [-0.1, -0.05) is 0 Å². The van der Waals surface area contributed by atoms with Gasteiger partial charge in [0.2, 0.25) is 0 Å². The van der Waals surface area contributed by atoms with Gasteiger partial charge in [0.15, 0.2) is 6.04 Å². The monoisotopic (exact) mass is 289 g/mol. The van der Waals surface area contributed by atoms with Gasteiger partial charge < -0.3 is 29.7 Å². The van der Waals surface area contributed by atoms with Crippen LogP contribution in [0.2, 0.25) is 0 Å². The number of morpholine rings is 1. The molecule has 1 atom stereocenters. The summed E-state index contributed by atoms with van der Waals surface area (Å²) in [5.41, 5.74) is 0. The number of rotatable bonds is 7. The van der Waals surface area contributed by atoms with E-state index >= 15 is 0 Å². The summed E-state index contributed by atoms with van der Waals surface area (Å²) < 4.78 is 10.0. The van der Waals surface area contributed by atoms with Crippen LogP contribution < -0.4 is 5.32 Å². The van der Waals surface area contributed by atoms with Gasteiger partial charge in [-0.05, 0) is 7.05 Å². The number of aliphatic carboxylic acids is 1. The van der Waals surface area contributed by atoms with Gasteiger partial charge >= 0.3 is 12.0 Å². The number of nitrogens with zero attached hydrogens (tertiary/aromatic N) is 2. The van der Waals surface area contributed by atoms with Crippen molar-refractivity contribution in [1.29, 1.82) is 0 Å². The van der Waals surface area contributed by atoms with E-state index in [0.29, 0.717) is 32.8 Å². The Morgan fingerprint density at radius 1 is 1.50 bits per heavy atom. The fraction of sp³-hybridized carbons (Fsp3) is 0.833. The van der Waals surface area contributed by atoms with Crippen molar-refractivity contribution < 1.29 is 24.2 Å². The lowest BCUT2D eigenvalue weighted by Crippen LogP contribution is -2.56. The zero-order valence-electron chi connectivity index (χ0n) is 12.0. The third kappa shape index (κ3) is 5.32. The number of methoxy groups -OCH3 is 1. The van der Waals surface area contributed by atoms with E-state index in [-0.39, 0.29) is 12.6 Å². The van der Waals surface area contributed by atoms with Gasteiger partial charge in [0.1, 0.15) is 0 Å². The number of carbonyl (C=O) groups is 2. The Bertz CT molecular complexity index is 326. The molecule has 8 nitrogen and oxygen atoms in total. The molecule has 0 aromatic carbocycles. The summed E-state index contributed by atoms with van der Waals surface area (Å²) in [5, 5.41) is 11.8. The first-order valence-electron chi connectivity index (χ1n) is 6.58. The molecular formula is C12H23N3O5. The van der Waals surface area contributed by atoms with Crippen molar-refractivity contribution >= 4 is 12.0 Å². The molecule has 1 fully saturated rings. The number of likely N-dealkylation sites (N-methyl/N-ethyl adjacent to an activating group) is 1. The lowest BCUT2D eigenvalue weighted by atomic mass is 10.2. The van der Waals surface area contributed by atoms with Crippen molar-refractivity contribution in [1.82, 2.24) is 15.1 Å². The van der Waals surface area contributed by atoms with E-state index in [9.17, 15) is 9.59 Å².